The number of nitrogens with one attached hydrogen (secondary N) is 1. The Hall–Kier alpha value is -0.540. The molecule has 2 rings (SSSR count). The van der Waals surface area contributed by atoms with Gasteiger partial charge in [-0.1, -0.05) is 28.9 Å². The number of aryl methyl sites for hydroxylation is 1. The first-order valence-corrected chi connectivity index (χ1v) is 8.14. The molecule has 1 atom stereocenters. The Balaban J connectivity index is 1.94. The molecule has 1 aromatic carbocycles. The molecule has 1 N–H and O–H groups in total. The SMILES string of the molecule is CCN1CCC(C(C)Nc2cc(Br)ccc2C)CC1. The van der Waals surface area contributed by atoms with Crippen LogP contribution in [0.15, 0.2) is 22.7 Å². The topological polar surface area (TPSA) is 15.3 Å². The monoisotopic (exact) mass is 324 g/mol. The van der Waals surface area contributed by atoms with E-state index in [1.807, 2.05) is 0 Å². The Kier molecular flexibility index (Phi) is 5.28. The van der Waals surface area contributed by atoms with Crippen molar-refractivity contribution in [1.82, 2.24) is 4.90 Å². The fourth-order valence-corrected chi connectivity index (χ4v) is 3.24. The maximum Gasteiger partial charge on any atom is 0.0383 e. The second-order valence-electron chi connectivity index (χ2n) is 5.66. The summed E-state index contributed by atoms with van der Waals surface area (Å²) in [5.41, 5.74) is 2.58. The van der Waals surface area contributed by atoms with Crippen molar-refractivity contribution in [3.05, 3.63) is 28.2 Å². The summed E-state index contributed by atoms with van der Waals surface area (Å²) in [6.07, 6.45) is 2.63. The van der Waals surface area contributed by atoms with Crippen molar-refractivity contribution < 1.29 is 0 Å². The lowest BCUT2D eigenvalue weighted by Gasteiger charge is -2.35. The highest BCUT2D eigenvalue weighted by molar-refractivity contribution is 9.10. The zero-order chi connectivity index (χ0) is 13.8. The smallest absolute Gasteiger partial charge is 0.0383 e. The van der Waals surface area contributed by atoms with E-state index in [4.69, 9.17) is 0 Å². The highest BCUT2D eigenvalue weighted by Gasteiger charge is 2.23. The fourth-order valence-electron chi connectivity index (χ4n) is 2.88. The fraction of sp³-hybridized carbons (Fsp3) is 0.625. The quantitative estimate of drug-likeness (QED) is 0.888. The molecular weight excluding hydrogens is 300 g/mol. The van der Waals surface area contributed by atoms with Crippen LogP contribution in [-0.4, -0.2) is 30.6 Å². The Morgan fingerprint density at radius 2 is 2.05 bits per heavy atom. The molecule has 0 spiro atoms. The maximum atomic E-state index is 3.71. The predicted octanol–water partition coefficient (Wildman–Crippen LogP) is 4.29. The highest BCUT2D eigenvalue weighted by Crippen LogP contribution is 2.26. The number of nitrogens with zero attached hydrogens (tertiary/aromatic N) is 1. The van der Waals surface area contributed by atoms with Crippen LogP contribution in [0.1, 0.15) is 32.3 Å². The van der Waals surface area contributed by atoms with Crippen LogP contribution in [0.2, 0.25) is 0 Å². The largest absolute Gasteiger partial charge is 0.382 e. The number of rotatable bonds is 4. The van der Waals surface area contributed by atoms with Crippen molar-refractivity contribution in [2.24, 2.45) is 5.92 Å². The normalized spacial score (nSPS) is 19.4. The first kappa shape index (κ1) is 14.9. The van der Waals surface area contributed by atoms with Gasteiger partial charge in [0.15, 0.2) is 0 Å². The van der Waals surface area contributed by atoms with Crippen LogP contribution < -0.4 is 5.32 Å². The zero-order valence-electron chi connectivity index (χ0n) is 12.2. The first-order chi connectivity index (χ1) is 9.10. The van der Waals surface area contributed by atoms with Gasteiger partial charge in [0.2, 0.25) is 0 Å². The van der Waals surface area contributed by atoms with Gasteiger partial charge in [-0.15, -0.1) is 0 Å². The summed E-state index contributed by atoms with van der Waals surface area (Å²) in [5.74, 6) is 0.793. The zero-order valence-corrected chi connectivity index (χ0v) is 13.8. The summed E-state index contributed by atoms with van der Waals surface area (Å²) in [4.78, 5) is 2.55. The average Bonchev–Trinajstić information content (AvgIpc) is 2.43. The number of benzene rings is 1. The van der Waals surface area contributed by atoms with Crippen molar-refractivity contribution in [2.45, 2.75) is 39.7 Å². The van der Waals surface area contributed by atoms with Gasteiger partial charge < -0.3 is 10.2 Å². The molecule has 1 heterocycles. The Bertz CT molecular complexity index is 411. The first-order valence-electron chi connectivity index (χ1n) is 7.35. The molecule has 1 saturated heterocycles. The van der Waals surface area contributed by atoms with Crippen LogP contribution >= 0.6 is 15.9 Å². The Labute approximate surface area is 125 Å². The average molecular weight is 325 g/mol. The minimum atomic E-state index is 0.548. The maximum absolute atomic E-state index is 3.71. The molecule has 1 aromatic rings. The van der Waals surface area contributed by atoms with Gasteiger partial charge in [-0.3, -0.25) is 0 Å². The van der Waals surface area contributed by atoms with Crippen molar-refractivity contribution in [3.63, 3.8) is 0 Å². The van der Waals surface area contributed by atoms with Gasteiger partial charge in [0.25, 0.3) is 0 Å². The van der Waals surface area contributed by atoms with Crippen LogP contribution in [-0.2, 0) is 0 Å². The van der Waals surface area contributed by atoms with Gasteiger partial charge in [-0.2, -0.15) is 0 Å². The standard InChI is InChI=1S/C16H25BrN2/c1-4-19-9-7-14(8-10-19)13(3)18-16-11-15(17)6-5-12(16)2/h5-6,11,13-14,18H,4,7-10H2,1-3H3. The van der Waals surface area contributed by atoms with Crippen LogP contribution in [0.4, 0.5) is 5.69 Å². The van der Waals surface area contributed by atoms with E-state index in [1.54, 1.807) is 0 Å². The van der Waals surface area contributed by atoms with E-state index in [1.165, 1.54) is 43.7 Å². The second kappa shape index (κ2) is 6.76. The number of piperidine rings is 1. The lowest BCUT2D eigenvalue weighted by atomic mass is 9.90. The van der Waals surface area contributed by atoms with Crippen molar-refractivity contribution in [3.8, 4) is 0 Å². The molecule has 106 valence electrons. The number of halogens is 1. The van der Waals surface area contributed by atoms with Gasteiger partial charge in [-0.05, 0) is 69.9 Å². The molecule has 1 fully saturated rings. The molecule has 0 radical (unpaired) electrons. The van der Waals surface area contributed by atoms with Crippen LogP contribution in [0.3, 0.4) is 0 Å². The molecule has 0 saturated carbocycles. The van der Waals surface area contributed by atoms with Crippen LogP contribution in [0.5, 0.6) is 0 Å². The molecule has 1 unspecified atom stereocenters. The van der Waals surface area contributed by atoms with Gasteiger partial charge >= 0.3 is 0 Å². The van der Waals surface area contributed by atoms with Crippen LogP contribution in [0.25, 0.3) is 0 Å². The van der Waals surface area contributed by atoms with Gasteiger partial charge in [0.05, 0.1) is 0 Å². The predicted molar refractivity (Wildman–Crippen MR) is 86.8 cm³/mol. The minimum Gasteiger partial charge on any atom is -0.382 e. The van der Waals surface area contributed by atoms with Crippen molar-refractivity contribution in [1.29, 1.82) is 0 Å². The summed E-state index contributed by atoms with van der Waals surface area (Å²) in [6.45, 7) is 10.5. The number of hydrogen-bond acceptors (Lipinski definition) is 2. The van der Waals surface area contributed by atoms with E-state index in [0.29, 0.717) is 6.04 Å². The molecule has 2 nitrogen and oxygen atoms in total. The third-order valence-corrected chi connectivity index (χ3v) is 4.86. The Morgan fingerprint density at radius 1 is 1.37 bits per heavy atom. The summed E-state index contributed by atoms with van der Waals surface area (Å²) in [6, 6.07) is 7.00. The minimum absolute atomic E-state index is 0.548. The van der Waals surface area contributed by atoms with E-state index >= 15 is 0 Å². The van der Waals surface area contributed by atoms with Crippen molar-refractivity contribution >= 4 is 21.6 Å². The molecule has 0 bridgehead atoms. The van der Waals surface area contributed by atoms with Gasteiger partial charge in [-0.25, -0.2) is 0 Å². The third-order valence-electron chi connectivity index (χ3n) is 4.37. The molecule has 0 aromatic heterocycles. The van der Waals surface area contributed by atoms with E-state index < -0.39 is 0 Å². The summed E-state index contributed by atoms with van der Waals surface area (Å²) in [5, 5.41) is 3.71. The lowest BCUT2D eigenvalue weighted by Crippen LogP contribution is -2.39. The summed E-state index contributed by atoms with van der Waals surface area (Å²) in [7, 11) is 0. The molecule has 0 aliphatic carbocycles. The molecule has 1 aliphatic heterocycles. The summed E-state index contributed by atoms with van der Waals surface area (Å²) < 4.78 is 1.15. The third kappa shape index (κ3) is 3.96. The van der Waals surface area contributed by atoms with Gasteiger partial charge in [0.1, 0.15) is 0 Å². The van der Waals surface area contributed by atoms with Gasteiger partial charge in [0, 0.05) is 16.2 Å². The van der Waals surface area contributed by atoms with E-state index in [9.17, 15) is 0 Å². The molecule has 1 aliphatic rings. The highest BCUT2D eigenvalue weighted by atomic mass is 79.9. The van der Waals surface area contributed by atoms with Crippen LogP contribution in [0, 0.1) is 12.8 Å². The summed E-state index contributed by atoms with van der Waals surface area (Å²) >= 11 is 3.55. The molecule has 3 heteroatoms. The molecule has 19 heavy (non-hydrogen) atoms. The van der Waals surface area contributed by atoms with E-state index in [0.717, 1.165) is 10.4 Å². The molecule has 0 amide bonds. The lowest BCUT2D eigenvalue weighted by molar-refractivity contribution is 0.183. The number of hydrogen-bond donors (Lipinski definition) is 1. The van der Waals surface area contributed by atoms with Crippen molar-refractivity contribution in [2.75, 3.05) is 25.0 Å². The molecular formula is C16H25BrN2. The second-order valence-corrected chi connectivity index (χ2v) is 6.58. The van der Waals surface area contributed by atoms with E-state index in [2.05, 4.69) is 65.1 Å². The van der Waals surface area contributed by atoms with E-state index in [-0.39, 0.29) is 0 Å². The number of likely N-dealkylation sites (tertiary alicyclic amines) is 1. The Morgan fingerprint density at radius 3 is 2.68 bits per heavy atom. The number of anilines is 1.